The van der Waals surface area contributed by atoms with E-state index < -0.39 is 0 Å². The van der Waals surface area contributed by atoms with Crippen LogP contribution in [0.15, 0.2) is 41.1 Å². The molecule has 0 aliphatic heterocycles. The molecule has 108 valence electrons. The maximum atomic E-state index is 5.44. The molecule has 0 saturated carbocycles. The van der Waals surface area contributed by atoms with Gasteiger partial charge in [-0.25, -0.2) is 4.98 Å². The monoisotopic (exact) mass is 273 g/mol. The third-order valence-electron chi connectivity index (χ3n) is 3.18. The summed E-state index contributed by atoms with van der Waals surface area (Å²) in [6, 6.07) is 8.49. The molecular weight excluding hydrogens is 250 g/mol. The van der Waals surface area contributed by atoms with Crippen molar-refractivity contribution in [2.75, 3.05) is 11.4 Å². The van der Waals surface area contributed by atoms with Crippen LogP contribution in [0.2, 0.25) is 0 Å². The van der Waals surface area contributed by atoms with Gasteiger partial charge in [-0.2, -0.15) is 0 Å². The Labute approximate surface area is 120 Å². The van der Waals surface area contributed by atoms with E-state index in [4.69, 9.17) is 4.42 Å². The summed E-state index contributed by atoms with van der Waals surface area (Å²) in [5.41, 5.74) is 1.22. The Bertz CT molecular complexity index is 508. The Morgan fingerprint density at radius 2 is 2.15 bits per heavy atom. The largest absolute Gasteiger partial charge is 0.467 e. The zero-order chi connectivity index (χ0) is 14.4. The fourth-order valence-electron chi connectivity index (χ4n) is 2.09. The SMILES string of the molecule is CCN(Cc1ccco1)c1ncccc1CNC(C)C. The lowest BCUT2D eigenvalue weighted by atomic mass is 10.2. The molecule has 2 rings (SSSR count). The molecule has 0 aliphatic rings. The number of aromatic nitrogens is 1. The molecule has 0 spiro atoms. The normalized spacial score (nSPS) is 11.0. The lowest BCUT2D eigenvalue weighted by molar-refractivity contribution is 0.502. The first-order valence-corrected chi connectivity index (χ1v) is 7.15. The summed E-state index contributed by atoms with van der Waals surface area (Å²) >= 11 is 0. The summed E-state index contributed by atoms with van der Waals surface area (Å²) in [4.78, 5) is 6.78. The summed E-state index contributed by atoms with van der Waals surface area (Å²) in [5.74, 6) is 1.99. The van der Waals surface area contributed by atoms with E-state index in [2.05, 4.69) is 42.0 Å². The number of nitrogens with one attached hydrogen (secondary N) is 1. The Morgan fingerprint density at radius 1 is 1.30 bits per heavy atom. The van der Waals surface area contributed by atoms with Crippen LogP contribution in [-0.4, -0.2) is 17.6 Å². The summed E-state index contributed by atoms with van der Waals surface area (Å²) < 4.78 is 5.44. The van der Waals surface area contributed by atoms with E-state index >= 15 is 0 Å². The molecule has 2 aromatic heterocycles. The fourth-order valence-corrected chi connectivity index (χ4v) is 2.09. The lowest BCUT2D eigenvalue weighted by Crippen LogP contribution is -2.27. The van der Waals surface area contributed by atoms with Gasteiger partial charge in [-0.05, 0) is 25.1 Å². The van der Waals surface area contributed by atoms with Gasteiger partial charge in [0.15, 0.2) is 0 Å². The zero-order valence-corrected chi connectivity index (χ0v) is 12.5. The molecule has 1 N–H and O–H groups in total. The first-order valence-electron chi connectivity index (χ1n) is 7.15. The number of furan rings is 1. The van der Waals surface area contributed by atoms with Gasteiger partial charge in [0.1, 0.15) is 11.6 Å². The molecular formula is C16H23N3O. The third kappa shape index (κ3) is 3.84. The highest BCUT2D eigenvalue weighted by molar-refractivity contribution is 5.46. The van der Waals surface area contributed by atoms with Crippen molar-refractivity contribution in [3.05, 3.63) is 48.0 Å². The molecule has 2 aromatic rings. The lowest BCUT2D eigenvalue weighted by Gasteiger charge is -2.24. The minimum absolute atomic E-state index is 0.461. The van der Waals surface area contributed by atoms with Gasteiger partial charge in [-0.3, -0.25) is 0 Å². The Kier molecular flexibility index (Phi) is 5.18. The predicted octanol–water partition coefficient (Wildman–Crippen LogP) is 3.20. The molecule has 2 heterocycles. The molecule has 0 bridgehead atoms. The van der Waals surface area contributed by atoms with Crippen molar-refractivity contribution < 1.29 is 4.42 Å². The predicted molar refractivity (Wildman–Crippen MR) is 81.6 cm³/mol. The quantitative estimate of drug-likeness (QED) is 0.841. The highest BCUT2D eigenvalue weighted by Gasteiger charge is 2.12. The van der Waals surface area contributed by atoms with Crippen LogP contribution in [0.3, 0.4) is 0 Å². The highest BCUT2D eigenvalue weighted by atomic mass is 16.3. The second-order valence-electron chi connectivity index (χ2n) is 5.12. The van der Waals surface area contributed by atoms with E-state index in [1.807, 2.05) is 24.4 Å². The minimum atomic E-state index is 0.461. The smallest absolute Gasteiger partial charge is 0.133 e. The number of rotatable bonds is 7. The second-order valence-corrected chi connectivity index (χ2v) is 5.12. The van der Waals surface area contributed by atoms with Crippen LogP contribution >= 0.6 is 0 Å². The Hall–Kier alpha value is -1.81. The van der Waals surface area contributed by atoms with Crippen molar-refractivity contribution in [2.45, 2.75) is 39.9 Å². The average molecular weight is 273 g/mol. The van der Waals surface area contributed by atoms with E-state index in [-0.39, 0.29) is 0 Å². The van der Waals surface area contributed by atoms with E-state index in [0.29, 0.717) is 6.04 Å². The van der Waals surface area contributed by atoms with Crippen molar-refractivity contribution in [2.24, 2.45) is 0 Å². The number of nitrogens with zero attached hydrogens (tertiary/aromatic N) is 2. The number of anilines is 1. The van der Waals surface area contributed by atoms with Gasteiger partial charge in [0.25, 0.3) is 0 Å². The summed E-state index contributed by atoms with van der Waals surface area (Å²) in [7, 11) is 0. The van der Waals surface area contributed by atoms with E-state index in [9.17, 15) is 0 Å². The van der Waals surface area contributed by atoms with Crippen molar-refractivity contribution in [1.82, 2.24) is 10.3 Å². The zero-order valence-electron chi connectivity index (χ0n) is 12.5. The van der Waals surface area contributed by atoms with Gasteiger partial charge < -0.3 is 14.6 Å². The van der Waals surface area contributed by atoms with Crippen LogP contribution < -0.4 is 10.2 Å². The topological polar surface area (TPSA) is 41.3 Å². The van der Waals surface area contributed by atoms with E-state index in [1.165, 1.54) is 5.56 Å². The van der Waals surface area contributed by atoms with Crippen LogP contribution in [0.1, 0.15) is 32.1 Å². The van der Waals surface area contributed by atoms with Crippen molar-refractivity contribution in [3.63, 3.8) is 0 Å². The Morgan fingerprint density at radius 3 is 2.80 bits per heavy atom. The van der Waals surface area contributed by atoms with Crippen molar-refractivity contribution in [3.8, 4) is 0 Å². The van der Waals surface area contributed by atoms with E-state index in [0.717, 1.165) is 31.2 Å². The first kappa shape index (κ1) is 14.6. The van der Waals surface area contributed by atoms with Gasteiger partial charge in [0.05, 0.1) is 12.8 Å². The van der Waals surface area contributed by atoms with Gasteiger partial charge in [-0.15, -0.1) is 0 Å². The molecule has 0 saturated heterocycles. The number of pyridine rings is 1. The molecule has 0 amide bonds. The van der Waals surface area contributed by atoms with Crippen LogP contribution in [0.5, 0.6) is 0 Å². The standard InChI is InChI=1S/C16H23N3O/c1-4-19(12-15-8-6-10-20-15)16-14(7-5-9-17-16)11-18-13(2)3/h5-10,13,18H,4,11-12H2,1-3H3. The maximum Gasteiger partial charge on any atom is 0.133 e. The summed E-state index contributed by atoms with van der Waals surface area (Å²) in [5, 5.41) is 3.45. The van der Waals surface area contributed by atoms with Gasteiger partial charge in [0.2, 0.25) is 0 Å². The molecule has 0 aromatic carbocycles. The van der Waals surface area contributed by atoms with Crippen molar-refractivity contribution >= 4 is 5.82 Å². The minimum Gasteiger partial charge on any atom is -0.467 e. The van der Waals surface area contributed by atoms with Crippen molar-refractivity contribution in [1.29, 1.82) is 0 Å². The number of hydrogen-bond acceptors (Lipinski definition) is 4. The maximum absolute atomic E-state index is 5.44. The molecule has 20 heavy (non-hydrogen) atoms. The molecule has 4 nitrogen and oxygen atoms in total. The molecule has 0 fully saturated rings. The van der Waals surface area contributed by atoms with Crippen LogP contribution in [0.25, 0.3) is 0 Å². The van der Waals surface area contributed by atoms with Crippen LogP contribution in [0.4, 0.5) is 5.82 Å². The van der Waals surface area contributed by atoms with Gasteiger partial charge in [0, 0.05) is 30.9 Å². The Balaban J connectivity index is 2.16. The van der Waals surface area contributed by atoms with Gasteiger partial charge >= 0.3 is 0 Å². The van der Waals surface area contributed by atoms with Gasteiger partial charge in [-0.1, -0.05) is 19.9 Å². The first-order chi connectivity index (χ1) is 9.70. The van der Waals surface area contributed by atoms with Crippen LogP contribution in [0, 0.1) is 0 Å². The number of hydrogen-bond donors (Lipinski definition) is 1. The molecule has 0 atom stereocenters. The summed E-state index contributed by atoms with van der Waals surface area (Å²) in [6.45, 7) is 8.90. The molecule has 0 aliphatic carbocycles. The molecule has 0 unspecified atom stereocenters. The average Bonchev–Trinajstić information content (AvgIpc) is 2.96. The van der Waals surface area contributed by atoms with Crippen LogP contribution in [-0.2, 0) is 13.1 Å². The van der Waals surface area contributed by atoms with E-state index in [1.54, 1.807) is 6.26 Å². The fraction of sp³-hybridized carbons (Fsp3) is 0.438. The molecule has 4 heteroatoms. The third-order valence-corrected chi connectivity index (χ3v) is 3.18. The summed E-state index contributed by atoms with van der Waals surface area (Å²) in [6.07, 6.45) is 3.56. The molecule has 0 radical (unpaired) electrons. The highest BCUT2D eigenvalue weighted by Crippen LogP contribution is 2.19. The second kappa shape index (κ2) is 7.10.